The lowest BCUT2D eigenvalue weighted by atomic mass is 10.1. The topological polar surface area (TPSA) is 67.9 Å². The number of nitrogens with zero attached hydrogens (tertiary/aromatic N) is 1. The molecule has 0 spiro atoms. The van der Waals surface area contributed by atoms with Crippen LogP contribution < -0.4 is 19.7 Å². The second-order valence-electron chi connectivity index (χ2n) is 5.02. The number of nitrogens with one attached hydrogen (secondary N) is 1. The third kappa shape index (κ3) is 2.70. The number of hydrogen-bond donors (Lipinski definition) is 1. The highest BCUT2D eigenvalue weighted by molar-refractivity contribution is 6.16. The van der Waals surface area contributed by atoms with E-state index in [1.165, 1.54) is 12.0 Å². The van der Waals surface area contributed by atoms with Gasteiger partial charge in [0.05, 0.1) is 31.2 Å². The van der Waals surface area contributed by atoms with Crippen molar-refractivity contribution in [2.45, 2.75) is 0 Å². The Morgan fingerprint density at radius 2 is 1.91 bits per heavy atom. The number of methoxy groups -OCH3 is 2. The van der Waals surface area contributed by atoms with Crippen molar-refractivity contribution in [3.8, 4) is 11.5 Å². The average Bonchev–Trinajstić information content (AvgIpc) is 2.59. The molecule has 1 aliphatic heterocycles. The molecule has 1 aliphatic rings. The molecule has 0 saturated heterocycles. The summed E-state index contributed by atoms with van der Waals surface area (Å²) in [5.74, 6) is 0.462. The first kappa shape index (κ1) is 14.9. The summed E-state index contributed by atoms with van der Waals surface area (Å²) in [5, 5.41) is 2.76. The summed E-state index contributed by atoms with van der Waals surface area (Å²) in [6.45, 7) is -0.0367. The molecule has 0 fully saturated rings. The summed E-state index contributed by atoms with van der Waals surface area (Å²) in [4.78, 5) is 26.2. The first-order valence-electron chi connectivity index (χ1n) is 7.07. The van der Waals surface area contributed by atoms with Crippen LogP contribution in [0.15, 0.2) is 42.5 Å². The molecule has 0 aromatic heterocycles. The predicted octanol–water partition coefficient (Wildman–Crippen LogP) is 2.30. The van der Waals surface area contributed by atoms with Crippen LogP contribution in [-0.2, 0) is 4.79 Å². The molecule has 0 aliphatic carbocycles. The third-order valence-corrected chi connectivity index (χ3v) is 3.65. The summed E-state index contributed by atoms with van der Waals surface area (Å²) in [6, 6.07) is 12.1. The molecule has 0 bridgehead atoms. The summed E-state index contributed by atoms with van der Waals surface area (Å²) in [7, 11) is 3.03. The second-order valence-corrected chi connectivity index (χ2v) is 5.02. The zero-order valence-electron chi connectivity index (χ0n) is 12.8. The van der Waals surface area contributed by atoms with Crippen molar-refractivity contribution in [3.63, 3.8) is 0 Å². The summed E-state index contributed by atoms with van der Waals surface area (Å²) in [6.07, 6.45) is 0. The lowest BCUT2D eigenvalue weighted by Crippen LogP contribution is -2.42. The maximum Gasteiger partial charge on any atom is 0.262 e. The SMILES string of the molecule is COc1ccc(C(=O)N2CC(=O)Nc3ccccc32)c(OC)c1. The van der Waals surface area contributed by atoms with Crippen LogP contribution in [-0.4, -0.2) is 32.6 Å². The van der Waals surface area contributed by atoms with Gasteiger partial charge in [-0.15, -0.1) is 0 Å². The van der Waals surface area contributed by atoms with Gasteiger partial charge in [-0.05, 0) is 24.3 Å². The second kappa shape index (κ2) is 6.00. The van der Waals surface area contributed by atoms with Gasteiger partial charge in [0.25, 0.3) is 5.91 Å². The van der Waals surface area contributed by atoms with Gasteiger partial charge in [-0.25, -0.2) is 0 Å². The van der Waals surface area contributed by atoms with Crippen molar-refractivity contribution in [2.24, 2.45) is 0 Å². The Hall–Kier alpha value is -3.02. The summed E-state index contributed by atoms with van der Waals surface area (Å²) < 4.78 is 10.4. The van der Waals surface area contributed by atoms with Crippen molar-refractivity contribution >= 4 is 23.2 Å². The van der Waals surface area contributed by atoms with Crippen LogP contribution in [0.3, 0.4) is 0 Å². The van der Waals surface area contributed by atoms with E-state index in [1.54, 1.807) is 43.5 Å². The largest absolute Gasteiger partial charge is 0.497 e. The van der Waals surface area contributed by atoms with Gasteiger partial charge >= 0.3 is 0 Å². The number of ether oxygens (including phenoxy) is 2. The van der Waals surface area contributed by atoms with Crippen LogP contribution in [0.4, 0.5) is 11.4 Å². The molecular formula is C17H16N2O4. The maximum atomic E-state index is 12.9. The van der Waals surface area contributed by atoms with Gasteiger partial charge < -0.3 is 14.8 Å². The summed E-state index contributed by atoms with van der Waals surface area (Å²) >= 11 is 0. The number of carbonyl (C=O) groups excluding carboxylic acids is 2. The minimum absolute atomic E-state index is 0.0367. The van der Waals surface area contributed by atoms with E-state index in [1.807, 2.05) is 6.07 Å². The van der Waals surface area contributed by atoms with Gasteiger partial charge in [0.1, 0.15) is 18.0 Å². The molecule has 3 rings (SSSR count). The van der Waals surface area contributed by atoms with Crippen LogP contribution >= 0.6 is 0 Å². The average molecular weight is 312 g/mol. The van der Waals surface area contributed by atoms with E-state index in [0.717, 1.165) is 0 Å². The molecule has 2 aromatic rings. The fourth-order valence-electron chi connectivity index (χ4n) is 2.54. The number of para-hydroxylation sites is 2. The van der Waals surface area contributed by atoms with Crippen LogP contribution in [0.1, 0.15) is 10.4 Å². The molecule has 0 atom stereocenters. The van der Waals surface area contributed by atoms with Gasteiger partial charge in [0.2, 0.25) is 5.91 Å². The smallest absolute Gasteiger partial charge is 0.262 e. The first-order chi connectivity index (χ1) is 11.1. The Bertz CT molecular complexity index is 773. The fourth-order valence-corrected chi connectivity index (χ4v) is 2.54. The Kier molecular flexibility index (Phi) is 3.89. The molecule has 6 heteroatoms. The van der Waals surface area contributed by atoms with Gasteiger partial charge in [-0.2, -0.15) is 0 Å². The minimum atomic E-state index is -0.299. The zero-order chi connectivity index (χ0) is 16.4. The standard InChI is InChI=1S/C17H16N2O4/c1-22-11-7-8-12(15(9-11)23-2)17(21)19-10-16(20)18-13-5-3-4-6-14(13)19/h3-9H,10H2,1-2H3,(H,18,20). The van der Waals surface area contributed by atoms with E-state index < -0.39 is 0 Å². The molecule has 2 aromatic carbocycles. The van der Waals surface area contributed by atoms with E-state index >= 15 is 0 Å². The number of hydrogen-bond acceptors (Lipinski definition) is 4. The van der Waals surface area contributed by atoms with E-state index in [-0.39, 0.29) is 18.4 Å². The predicted molar refractivity (Wildman–Crippen MR) is 86.3 cm³/mol. The molecular weight excluding hydrogens is 296 g/mol. The molecule has 6 nitrogen and oxygen atoms in total. The minimum Gasteiger partial charge on any atom is -0.497 e. The number of anilines is 2. The molecule has 2 amide bonds. The Morgan fingerprint density at radius 3 is 2.65 bits per heavy atom. The Balaban J connectivity index is 2.02. The van der Waals surface area contributed by atoms with Crippen molar-refractivity contribution in [1.29, 1.82) is 0 Å². The molecule has 1 N–H and O–H groups in total. The maximum absolute atomic E-state index is 12.9. The lowest BCUT2D eigenvalue weighted by molar-refractivity contribution is -0.115. The highest BCUT2D eigenvalue weighted by Gasteiger charge is 2.29. The van der Waals surface area contributed by atoms with Crippen LogP contribution in [0.5, 0.6) is 11.5 Å². The highest BCUT2D eigenvalue weighted by atomic mass is 16.5. The molecule has 0 unspecified atom stereocenters. The third-order valence-electron chi connectivity index (χ3n) is 3.65. The fraction of sp³-hybridized carbons (Fsp3) is 0.176. The molecule has 0 saturated carbocycles. The van der Waals surface area contributed by atoms with Crippen molar-refractivity contribution in [2.75, 3.05) is 31.0 Å². The van der Waals surface area contributed by atoms with Crippen LogP contribution in [0.25, 0.3) is 0 Å². The quantitative estimate of drug-likeness (QED) is 0.944. The monoisotopic (exact) mass is 312 g/mol. The van der Waals surface area contributed by atoms with E-state index in [2.05, 4.69) is 5.32 Å². The number of benzene rings is 2. The zero-order valence-corrected chi connectivity index (χ0v) is 12.8. The lowest BCUT2D eigenvalue weighted by Gasteiger charge is -2.29. The van der Waals surface area contributed by atoms with Crippen molar-refractivity contribution in [1.82, 2.24) is 0 Å². The van der Waals surface area contributed by atoms with E-state index in [0.29, 0.717) is 28.4 Å². The normalized spacial score (nSPS) is 13.1. The summed E-state index contributed by atoms with van der Waals surface area (Å²) in [5.41, 5.74) is 1.65. The molecule has 0 radical (unpaired) electrons. The van der Waals surface area contributed by atoms with Gasteiger partial charge in [-0.3, -0.25) is 14.5 Å². The van der Waals surface area contributed by atoms with Gasteiger partial charge in [0.15, 0.2) is 0 Å². The number of amides is 2. The number of fused-ring (bicyclic) bond motifs is 1. The Labute approximate surface area is 133 Å². The molecule has 1 heterocycles. The first-order valence-corrected chi connectivity index (χ1v) is 7.07. The van der Waals surface area contributed by atoms with Crippen LogP contribution in [0.2, 0.25) is 0 Å². The van der Waals surface area contributed by atoms with Crippen molar-refractivity contribution < 1.29 is 19.1 Å². The van der Waals surface area contributed by atoms with Gasteiger partial charge in [-0.1, -0.05) is 12.1 Å². The van der Waals surface area contributed by atoms with Crippen molar-refractivity contribution in [3.05, 3.63) is 48.0 Å². The molecule has 23 heavy (non-hydrogen) atoms. The number of carbonyl (C=O) groups is 2. The highest BCUT2D eigenvalue weighted by Crippen LogP contribution is 2.32. The Morgan fingerprint density at radius 1 is 1.13 bits per heavy atom. The molecule has 118 valence electrons. The van der Waals surface area contributed by atoms with E-state index in [9.17, 15) is 9.59 Å². The van der Waals surface area contributed by atoms with Crippen LogP contribution in [0, 0.1) is 0 Å². The van der Waals surface area contributed by atoms with E-state index in [4.69, 9.17) is 9.47 Å². The van der Waals surface area contributed by atoms with Gasteiger partial charge in [0, 0.05) is 6.07 Å². The number of rotatable bonds is 3.